The maximum Gasteiger partial charge on any atom is 0.344 e. The van der Waals surface area contributed by atoms with Gasteiger partial charge in [0.15, 0.2) is 0 Å². The fourth-order valence-electron chi connectivity index (χ4n) is 3.05. The molecule has 1 saturated heterocycles. The summed E-state index contributed by atoms with van der Waals surface area (Å²) >= 11 is 3.36. The predicted octanol–water partition coefficient (Wildman–Crippen LogP) is 2.75. The molecule has 4 amide bonds. The molecule has 146 valence electrons. The molecule has 3 aromatic rings. The Morgan fingerprint density at radius 1 is 1.10 bits per heavy atom. The van der Waals surface area contributed by atoms with E-state index in [1.807, 2.05) is 30.3 Å². The minimum absolute atomic E-state index is 0.210. The van der Waals surface area contributed by atoms with Gasteiger partial charge in [-0.1, -0.05) is 46.3 Å². The summed E-state index contributed by atoms with van der Waals surface area (Å²) in [4.78, 5) is 37.8. The Labute approximate surface area is 174 Å². The molecule has 1 unspecified atom stereocenters. The number of benzene rings is 2. The van der Waals surface area contributed by atoms with Gasteiger partial charge in [0.2, 0.25) is 0 Å². The third kappa shape index (κ3) is 3.40. The van der Waals surface area contributed by atoms with Crippen LogP contribution in [-0.4, -0.2) is 32.6 Å². The van der Waals surface area contributed by atoms with Gasteiger partial charge < -0.3 is 5.32 Å². The number of urea groups is 1. The van der Waals surface area contributed by atoms with Crippen LogP contribution in [0, 0.1) is 0 Å². The van der Waals surface area contributed by atoms with Crippen LogP contribution >= 0.6 is 15.9 Å². The number of hydrogen-bond acceptors (Lipinski definition) is 4. The molecule has 2 aromatic carbocycles. The van der Waals surface area contributed by atoms with Gasteiger partial charge in [-0.15, -0.1) is 0 Å². The average molecular weight is 454 g/mol. The molecule has 1 fully saturated rings. The number of rotatable bonds is 4. The van der Waals surface area contributed by atoms with E-state index in [1.165, 1.54) is 17.1 Å². The van der Waals surface area contributed by atoms with Crippen LogP contribution in [0.2, 0.25) is 0 Å². The quantitative estimate of drug-likeness (QED) is 0.593. The van der Waals surface area contributed by atoms with Gasteiger partial charge in [-0.2, -0.15) is 10.1 Å². The second kappa shape index (κ2) is 7.17. The highest BCUT2D eigenvalue weighted by molar-refractivity contribution is 9.10. The van der Waals surface area contributed by atoms with Crippen LogP contribution in [0.5, 0.6) is 0 Å². The number of carbonyl (C=O) groups excluding carboxylic acids is 3. The molecule has 0 bridgehead atoms. The number of amides is 4. The van der Waals surface area contributed by atoms with E-state index < -0.39 is 23.4 Å². The lowest BCUT2D eigenvalue weighted by atomic mass is 9.92. The van der Waals surface area contributed by atoms with Gasteiger partial charge in [0.1, 0.15) is 5.54 Å². The monoisotopic (exact) mass is 453 g/mol. The topological polar surface area (TPSA) is 96.3 Å². The lowest BCUT2D eigenvalue weighted by Crippen LogP contribution is -2.47. The Kier molecular flexibility index (Phi) is 4.67. The summed E-state index contributed by atoms with van der Waals surface area (Å²) in [5, 5.41) is 7.50. The Morgan fingerprint density at radius 2 is 1.79 bits per heavy atom. The van der Waals surface area contributed by atoms with Crippen molar-refractivity contribution in [2.24, 2.45) is 0 Å². The minimum Gasteiger partial charge on any atom is -0.318 e. The Bertz CT molecular complexity index is 1100. The molecule has 1 aromatic heterocycles. The fourth-order valence-corrected chi connectivity index (χ4v) is 3.31. The zero-order valence-corrected chi connectivity index (χ0v) is 16.9. The molecule has 0 aliphatic carbocycles. The number of aromatic nitrogens is 2. The molecular formula is C20H16BrN5O3. The summed E-state index contributed by atoms with van der Waals surface area (Å²) in [5.41, 5.74) is 2.71. The number of hydrogen-bond donors (Lipinski definition) is 2. The third-order valence-corrected chi connectivity index (χ3v) is 5.22. The normalized spacial score (nSPS) is 18.6. The molecule has 2 heterocycles. The smallest absolute Gasteiger partial charge is 0.318 e. The first kappa shape index (κ1) is 18.9. The fraction of sp³-hybridized carbons (Fsp3) is 0.100. The SMILES string of the molecule is CC1(c2ccccc2)NC(=O)N(NC(=O)c2cnn(-c3ccc(Br)cc3)c2)C1=O. The maximum atomic E-state index is 12.9. The van der Waals surface area contributed by atoms with Crippen LogP contribution < -0.4 is 10.7 Å². The molecular weight excluding hydrogens is 438 g/mol. The number of carbonyl (C=O) groups is 3. The summed E-state index contributed by atoms with van der Waals surface area (Å²) in [6.45, 7) is 1.60. The van der Waals surface area contributed by atoms with Crippen molar-refractivity contribution in [3.8, 4) is 5.69 Å². The van der Waals surface area contributed by atoms with E-state index in [0.29, 0.717) is 10.6 Å². The molecule has 8 nitrogen and oxygen atoms in total. The molecule has 0 spiro atoms. The van der Waals surface area contributed by atoms with Gasteiger partial charge in [0.25, 0.3) is 11.8 Å². The van der Waals surface area contributed by atoms with Crippen LogP contribution in [0.4, 0.5) is 4.79 Å². The van der Waals surface area contributed by atoms with E-state index >= 15 is 0 Å². The first-order valence-electron chi connectivity index (χ1n) is 8.72. The van der Waals surface area contributed by atoms with Gasteiger partial charge >= 0.3 is 6.03 Å². The van der Waals surface area contributed by atoms with Crippen LogP contribution in [0.1, 0.15) is 22.8 Å². The van der Waals surface area contributed by atoms with Crippen molar-refractivity contribution >= 4 is 33.8 Å². The van der Waals surface area contributed by atoms with Crippen molar-refractivity contribution in [3.05, 3.63) is 82.6 Å². The van der Waals surface area contributed by atoms with Gasteiger partial charge in [-0.05, 0) is 36.8 Å². The van der Waals surface area contributed by atoms with Gasteiger partial charge in [0, 0.05) is 10.7 Å². The Morgan fingerprint density at radius 3 is 2.48 bits per heavy atom. The van der Waals surface area contributed by atoms with E-state index in [4.69, 9.17) is 0 Å². The van der Waals surface area contributed by atoms with Crippen LogP contribution in [0.25, 0.3) is 5.69 Å². The number of nitrogens with zero attached hydrogens (tertiary/aromatic N) is 3. The summed E-state index contributed by atoms with van der Waals surface area (Å²) < 4.78 is 2.45. The summed E-state index contributed by atoms with van der Waals surface area (Å²) in [5.74, 6) is -1.18. The van der Waals surface area contributed by atoms with E-state index in [2.05, 4.69) is 31.8 Å². The number of imide groups is 1. The highest BCUT2D eigenvalue weighted by Gasteiger charge is 2.50. The lowest BCUT2D eigenvalue weighted by molar-refractivity contribution is -0.132. The predicted molar refractivity (Wildman–Crippen MR) is 108 cm³/mol. The number of halogens is 1. The van der Waals surface area contributed by atoms with Crippen molar-refractivity contribution < 1.29 is 14.4 Å². The van der Waals surface area contributed by atoms with E-state index in [-0.39, 0.29) is 5.56 Å². The molecule has 1 aliphatic rings. The molecule has 4 rings (SSSR count). The lowest BCUT2D eigenvalue weighted by Gasteiger charge is -2.21. The van der Waals surface area contributed by atoms with Gasteiger partial charge in [-0.3, -0.25) is 15.0 Å². The van der Waals surface area contributed by atoms with Crippen LogP contribution in [0.15, 0.2) is 71.5 Å². The Balaban J connectivity index is 1.52. The highest BCUT2D eigenvalue weighted by atomic mass is 79.9. The first-order valence-corrected chi connectivity index (χ1v) is 9.51. The molecule has 9 heteroatoms. The van der Waals surface area contributed by atoms with Crippen molar-refractivity contribution in [3.63, 3.8) is 0 Å². The standard InChI is InChI=1S/C20H16BrN5O3/c1-20(14-5-3-2-4-6-14)18(28)26(19(29)23-20)24-17(27)13-11-22-25(12-13)16-9-7-15(21)8-10-16/h2-12H,1H3,(H,23,29)(H,24,27). The highest BCUT2D eigenvalue weighted by Crippen LogP contribution is 2.27. The molecule has 1 atom stereocenters. The second-order valence-electron chi connectivity index (χ2n) is 6.65. The van der Waals surface area contributed by atoms with E-state index in [9.17, 15) is 14.4 Å². The minimum atomic E-state index is -1.26. The molecule has 0 radical (unpaired) electrons. The van der Waals surface area contributed by atoms with Crippen molar-refractivity contribution in [1.82, 2.24) is 25.5 Å². The van der Waals surface area contributed by atoms with Crippen LogP contribution in [-0.2, 0) is 10.3 Å². The summed E-state index contributed by atoms with van der Waals surface area (Å²) in [6.07, 6.45) is 2.89. The Hall–Kier alpha value is -3.46. The summed E-state index contributed by atoms with van der Waals surface area (Å²) in [7, 11) is 0. The molecule has 29 heavy (non-hydrogen) atoms. The first-order chi connectivity index (χ1) is 13.9. The number of hydrazine groups is 1. The van der Waals surface area contributed by atoms with Crippen molar-refractivity contribution in [2.45, 2.75) is 12.5 Å². The zero-order valence-electron chi connectivity index (χ0n) is 15.3. The summed E-state index contributed by atoms with van der Waals surface area (Å²) in [6, 6.07) is 15.5. The van der Waals surface area contributed by atoms with Gasteiger partial charge in [-0.25, -0.2) is 9.48 Å². The zero-order chi connectivity index (χ0) is 20.6. The van der Waals surface area contributed by atoms with Crippen molar-refractivity contribution in [2.75, 3.05) is 0 Å². The number of nitrogens with one attached hydrogen (secondary N) is 2. The molecule has 0 saturated carbocycles. The van der Waals surface area contributed by atoms with E-state index in [1.54, 1.807) is 31.2 Å². The maximum absolute atomic E-state index is 12.9. The molecule has 1 aliphatic heterocycles. The largest absolute Gasteiger partial charge is 0.344 e. The van der Waals surface area contributed by atoms with E-state index in [0.717, 1.165) is 10.2 Å². The molecule has 2 N–H and O–H groups in total. The average Bonchev–Trinajstić information content (AvgIpc) is 3.29. The third-order valence-electron chi connectivity index (χ3n) is 4.69. The van der Waals surface area contributed by atoms with Crippen molar-refractivity contribution in [1.29, 1.82) is 0 Å². The van der Waals surface area contributed by atoms with Gasteiger partial charge in [0.05, 0.1) is 17.4 Å². The second-order valence-corrected chi connectivity index (χ2v) is 7.57. The van der Waals surface area contributed by atoms with Crippen LogP contribution in [0.3, 0.4) is 0 Å².